The largest absolute Gasteiger partial charge is 0.497 e. The Kier molecular flexibility index (Phi) is 6.04. The van der Waals surface area contributed by atoms with Crippen LogP contribution in [0.25, 0.3) is 11.5 Å². The highest BCUT2D eigenvalue weighted by molar-refractivity contribution is 5.92. The van der Waals surface area contributed by atoms with Crippen molar-refractivity contribution < 1.29 is 18.7 Å². The normalized spacial score (nSPS) is 10.4. The summed E-state index contributed by atoms with van der Waals surface area (Å²) in [4.78, 5) is 12.2. The molecule has 1 heterocycles. The second-order valence-electron chi connectivity index (χ2n) is 5.71. The average molecular weight is 367 g/mol. The summed E-state index contributed by atoms with van der Waals surface area (Å²) in [7, 11) is 1.60. The van der Waals surface area contributed by atoms with Crippen LogP contribution < -0.4 is 14.8 Å². The van der Waals surface area contributed by atoms with Crippen LogP contribution in [0.5, 0.6) is 11.5 Å². The molecule has 0 radical (unpaired) electrons. The second-order valence-corrected chi connectivity index (χ2v) is 5.71. The Morgan fingerprint density at radius 2 is 2.00 bits per heavy atom. The number of rotatable bonds is 8. The summed E-state index contributed by atoms with van der Waals surface area (Å²) in [5, 5.41) is 10.9. The Morgan fingerprint density at radius 3 is 2.81 bits per heavy atom. The van der Waals surface area contributed by atoms with E-state index in [0.717, 1.165) is 5.56 Å². The number of nitrogens with zero attached hydrogens (tertiary/aromatic N) is 2. The number of anilines is 1. The van der Waals surface area contributed by atoms with Crippen LogP contribution in [0.4, 0.5) is 5.69 Å². The summed E-state index contributed by atoms with van der Waals surface area (Å²) < 4.78 is 16.3. The lowest BCUT2D eigenvalue weighted by atomic mass is 10.2. The number of methoxy groups -OCH3 is 1. The van der Waals surface area contributed by atoms with Crippen molar-refractivity contribution in [3.05, 3.63) is 54.4 Å². The summed E-state index contributed by atoms with van der Waals surface area (Å²) in [5.41, 5.74) is 1.41. The van der Waals surface area contributed by atoms with Crippen molar-refractivity contribution in [2.75, 3.05) is 19.0 Å². The van der Waals surface area contributed by atoms with E-state index in [0.29, 0.717) is 42.0 Å². The Labute approximate surface area is 157 Å². The van der Waals surface area contributed by atoms with Crippen LogP contribution in [0.2, 0.25) is 0 Å². The molecule has 7 heteroatoms. The Bertz CT molecular complexity index is 908. The van der Waals surface area contributed by atoms with Crippen molar-refractivity contribution in [1.29, 1.82) is 0 Å². The van der Waals surface area contributed by atoms with Gasteiger partial charge in [0.05, 0.1) is 19.4 Å². The maximum Gasteiger partial charge on any atom is 0.247 e. The van der Waals surface area contributed by atoms with Crippen LogP contribution in [0, 0.1) is 0 Å². The Morgan fingerprint density at radius 1 is 1.15 bits per heavy atom. The number of amides is 1. The van der Waals surface area contributed by atoms with Gasteiger partial charge < -0.3 is 19.2 Å². The van der Waals surface area contributed by atoms with E-state index in [4.69, 9.17) is 13.9 Å². The van der Waals surface area contributed by atoms with E-state index >= 15 is 0 Å². The van der Waals surface area contributed by atoms with Gasteiger partial charge in [-0.15, -0.1) is 10.2 Å². The molecule has 0 saturated heterocycles. The number of nitrogens with one attached hydrogen (secondary N) is 1. The van der Waals surface area contributed by atoms with E-state index in [1.165, 1.54) is 0 Å². The first-order chi connectivity index (χ1) is 13.2. The molecule has 140 valence electrons. The van der Waals surface area contributed by atoms with Crippen molar-refractivity contribution >= 4 is 11.6 Å². The minimum atomic E-state index is -0.150. The van der Waals surface area contributed by atoms with E-state index in [1.54, 1.807) is 13.2 Å². The van der Waals surface area contributed by atoms with Gasteiger partial charge in [0.25, 0.3) is 0 Å². The zero-order valence-electron chi connectivity index (χ0n) is 15.3. The van der Waals surface area contributed by atoms with Gasteiger partial charge in [0.1, 0.15) is 11.5 Å². The van der Waals surface area contributed by atoms with Crippen LogP contribution >= 0.6 is 0 Å². The van der Waals surface area contributed by atoms with E-state index in [9.17, 15) is 4.79 Å². The number of para-hydroxylation sites is 2. The predicted octanol–water partition coefficient (Wildman–Crippen LogP) is 3.72. The molecule has 1 amide bonds. The van der Waals surface area contributed by atoms with Crippen molar-refractivity contribution in [3.8, 4) is 23.0 Å². The van der Waals surface area contributed by atoms with E-state index in [-0.39, 0.29) is 12.3 Å². The average Bonchev–Trinajstić information content (AvgIpc) is 3.17. The summed E-state index contributed by atoms with van der Waals surface area (Å²) in [6.45, 7) is 2.43. The molecule has 0 aliphatic rings. The van der Waals surface area contributed by atoms with Crippen molar-refractivity contribution in [1.82, 2.24) is 10.2 Å². The lowest BCUT2D eigenvalue weighted by molar-refractivity contribution is -0.116. The van der Waals surface area contributed by atoms with Crippen molar-refractivity contribution in [2.45, 2.75) is 19.8 Å². The lowest BCUT2D eigenvalue weighted by Gasteiger charge is -2.10. The number of hydrogen-bond acceptors (Lipinski definition) is 6. The molecule has 2 aromatic carbocycles. The molecular weight excluding hydrogens is 346 g/mol. The van der Waals surface area contributed by atoms with Gasteiger partial charge in [-0.25, -0.2) is 0 Å². The second kappa shape index (κ2) is 8.84. The SMILES string of the molecule is CCOc1ccccc1NC(=O)CCc1nnc(-c2cccc(OC)c2)o1. The molecule has 3 rings (SSSR count). The molecule has 27 heavy (non-hydrogen) atoms. The molecule has 0 unspecified atom stereocenters. The molecule has 1 aromatic heterocycles. The molecule has 0 spiro atoms. The van der Waals surface area contributed by atoms with Crippen LogP contribution in [0.3, 0.4) is 0 Å². The van der Waals surface area contributed by atoms with Crippen molar-refractivity contribution in [3.63, 3.8) is 0 Å². The quantitative estimate of drug-likeness (QED) is 0.653. The summed E-state index contributed by atoms with van der Waals surface area (Å²) in [6.07, 6.45) is 0.569. The third-order valence-electron chi connectivity index (χ3n) is 3.81. The van der Waals surface area contributed by atoms with Gasteiger partial charge >= 0.3 is 0 Å². The zero-order chi connectivity index (χ0) is 19.1. The van der Waals surface area contributed by atoms with Crippen LogP contribution in [0.15, 0.2) is 52.9 Å². The number of carbonyl (C=O) groups excluding carboxylic acids is 1. The fourth-order valence-corrected chi connectivity index (χ4v) is 2.51. The Balaban J connectivity index is 1.59. The highest BCUT2D eigenvalue weighted by Gasteiger charge is 2.12. The maximum atomic E-state index is 12.2. The van der Waals surface area contributed by atoms with Gasteiger partial charge in [0.15, 0.2) is 0 Å². The minimum Gasteiger partial charge on any atom is -0.497 e. The van der Waals surface area contributed by atoms with Gasteiger partial charge in [0, 0.05) is 18.4 Å². The molecule has 7 nitrogen and oxygen atoms in total. The number of ether oxygens (including phenoxy) is 2. The van der Waals surface area contributed by atoms with Gasteiger partial charge in [-0.05, 0) is 37.3 Å². The molecule has 3 aromatic rings. The third-order valence-corrected chi connectivity index (χ3v) is 3.81. The van der Waals surface area contributed by atoms with Gasteiger partial charge in [-0.3, -0.25) is 4.79 Å². The van der Waals surface area contributed by atoms with Crippen LogP contribution in [-0.2, 0) is 11.2 Å². The van der Waals surface area contributed by atoms with Gasteiger partial charge in [-0.2, -0.15) is 0 Å². The van der Waals surface area contributed by atoms with Crippen LogP contribution in [-0.4, -0.2) is 29.8 Å². The van der Waals surface area contributed by atoms with Crippen LogP contribution in [0.1, 0.15) is 19.2 Å². The molecular formula is C20H21N3O4. The highest BCUT2D eigenvalue weighted by atomic mass is 16.5. The Hall–Kier alpha value is -3.35. The topological polar surface area (TPSA) is 86.5 Å². The third kappa shape index (κ3) is 4.84. The fraction of sp³-hybridized carbons (Fsp3) is 0.250. The summed E-state index contributed by atoms with van der Waals surface area (Å²) in [6, 6.07) is 14.7. The van der Waals surface area contributed by atoms with Gasteiger partial charge in [-0.1, -0.05) is 18.2 Å². The standard InChI is InChI=1S/C20H21N3O4/c1-3-26-17-10-5-4-9-16(17)21-18(24)11-12-19-22-23-20(27-19)14-7-6-8-15(13-14)25-2/h4-10,13H,3,11-12H2,1-2H3,(H,21,24). The van der Waals surface area contributed by atoms with E-state index < -0.39 is 0 Å². The molecule has 1 N–H and O–H groups in total. The van der Waals surface area contributed by atoms with Gasteiger partial charge in [0.2, 0.25) is 17.7 Å². The summed E-state index contributed by atoms with van der Waals surface area (Å²) >= 11 is 0. The monoisotopic (exact) mass is 367 g/mol. The number of aryl methyl sites for hydroxylation is 1. The number of aromatic nitrogens is 2. The van der Waals surface area contributed by atoms with Crippen molar-refractivity contribution in [2.24, 2.45) is 0 Å². The lowest BCUT2D eigenvalue weighted by Crippen LogP contribution is -2.13. The molecule has 0 fully saturated rings. The zero-order valence-corrected chi connectivity index (χ0v) is 15.3. The van der Waals surface area contributed by atoms with E-state index in [1.807, 2.05) is 49.4 Å². The highest BCUT2D eigenvalue weighted by Crippen LogP contribution is 2.25. The molecule has 0 bridgehead atoms. The first kappa shape index (κ1) is 18.4. The predicted molar refractivity (Wildman–Crippen MR) is 101 cm³/mol. The minimum absolute atomic E-state index is 0.150. The maximum absolute atomic E-state index is 12.2. The number of carbonyl (C=O) groups is 1. The number of benzene rings is 2. The molecule has 0 aliphatic heterocycles. The fourth-order valence-electron chi connectivity index (χ4n) is 2.51. The summed E-state index contributed by atoms with van der Waals surface area (Å²) in [5.74, 6) is 2.00. The molecule has 0 saturated carbocycles. The number of hydrogen-bond donors (Lipinski definition) is 1. The van der Waals surface area contributed by atoms with E-state index in [2.05, 4.69) is 15.5 Å². The first-order valence-electron chi connectivity index (χ1n) is 8.68. The molecule has 0 atom stereocenters. The first-order valence-corrected chi connectivity index (χ1v) is 8.68. The smallest absolute Gasteiger partial charge is 0.247 e. The molecule has 0 aliphatic carbocycles.